The van der Waals surface area contributed by atoms with Gasteiger partial charge in [0, 0.05) is 14.5 Å². The fourth-order valence-electron chi connectivity index (χ4n) is 5.47. The monoisotopic (exact) mass is 464 g/mol. The van der Waals surface area contributed by atoms with Gasteiger partial charge in [-0.25, -0.2) is 0 Å². The molecule has 0 aliphatic heterocycles. The van der Waals surface area contributed by atoms with E-state index in [2.05, 4.69) is 108 Å². The van der Waals surface area contributed by atoms with Gasteiger partial charge in [0.15, 0.2) is 0 Å². The lowest BCUT2D eigenvalue weighted by Crippen LogP contribution is -2.54. The van der Waals surface area contributed by atoms with E-state index in [1.807, 2.05) is 22.7 Å². The first-order chi connectivity index (χ1) is 15.8. The van der Waals surface area contributed by atoms with E-state index in [0.29, 0.717) is 0 Å². The van der Waals surface area contributed by atoms with Gasteiger partial charge in [0.05, 0.1) is 0 Å². The van der Waals surface area contributed by atoms with Crippen molar-refractivity contribution in [2.45, 2.75) is 41.5 Å². The number of rotatable bonds is 4. The van der Waals surface area contributed by atoms with Crippen molar-refractivity contribution in [1.82, 2.24) is 0 Å². The van der Waals surface area contributed by atoms with Crippen LogP contribution in [-0.2, 0) is 0 Å². The van der Waals surface area contributed by atoms with Gasteiger partial charge >= 0.3 is 0 Å². The highest BCUT2D eigenvalue weighted by molar-refractivity contribution is 7.32. The van der Waals surface area contributed by atoms with Crippen molar-refractivity contribution in [1.29, 1.82) is 0 Å². The third-order valence-corrected chi connectivity index (χ3v) is 9.10. The number of fused-ring (bicyclic) bond motifs is 1. The molecule has 33 heavy (non-hydrogen) atoms. The summed E-state index contributed by atoms with van der Waals surface area (Å²) < 4.78 is 2.78. The zero-order chi connectivity index (χ0) is 23.3. The summed E-state index contributed by atoms with van der Waals surface area (Å²) in [5.74, 6) is 0. The maximum absolute atomic E-state index is 2.37. The highest BCUT2D eigenvalue weighted by atomic mass is 32.1. The Labute approximate surface area is 206 Å². The largest absolute Gasteiger partial charge is 0.255 e. The Morgan fingerprint density at radius 3 is 1.64 bits per heavy atom. The second kappa shape index (κ2) is 8.63. The van der Waals surface area contributed by atoms with Crippen LogP contribution in [0.15, 0.2) is 66.7 Å². The minimum absolute atomic E-state index is 0.249. The molecule has 0 fully saturated rings. The molecule has 0 aliphatic carbocycles. The molecule has 2 aromatic heterocycles. The van der Waals surface area contributed by atoms with Crippen molar-refractivity contribution in [2.24, 2.45) is 0 Å². The van der Waals surface area contributed by atoms with Crippen molar-refractivity contribution >= 4 is 55.2 Å². The standard InChI is InChI=1S/C30H29BS2/c1-18-13-20(3)29(21(4)14-18)31(30-22(5)15-19(2)16-23(30)6)28-12-11-26(33-28)27-17-24-9-7-8-10-25(24)32-27/h7-17H,1-6H3. The zero-order valence-electron chi connectivity index (χ0n) is 20.2. The van der Waals surface area contributed by atoms with Crippen molar-refractivity contribution in [2.75, 3.05) is 0 Å². The van der Waals surface area contributed by atoms with Gasteiger partial charge in [-0.05, 0) is 69.9 Å². The zero-order valence-corrected chi connectivity index (χ0v) is 21.9. The molecule has 0 amide bonds. The van der Waals surface area contributed by atoms with Gasteiger partial charge in [0.1, 0.15) is 0 Å². The summed E-state index contributed by atoms with van der Waals surface area (Å²) in [7, 11) is 0. The molecule has 0 radical (unpaired) electrons. The first-order valence-corrected chi connectivity index (χ1v) is 13.2. The lowest BCUT2D eigenvalue weighted by Gasteiger charge is -2.23. The lowest BCUT2D eigenvalue weighted by atomic mass is 9.37. The van der Waals surface area contributed by atoms with Gasteiger partial charge < -0.3 is 0 Å². The highest BCUT2D eigenvalue weighted by Gasteiger charge is 2.30. The second-order valence-corrected chi connectivity index (χ2v) is 11.6. The van der Waals surface area contributed by atoms with Crippen LogP contribution in [-0.4, -0.2) is 6.71 Å². The van der Waals surface area contributed by atoms with E-state index in [-0.39, 0.29) is 6.71 Å². The molecule has 3 aromatic carbocycles. The normalized spacial score (nSPS) is 11.3. The van der Waals surface area contributed by atoms with Crippen molar-refractivity contribution < 1.29 is 0 Å². The molecule has 164 valence electrons. The van der Waals surface area contributed by atoms with Crippen LogP contribution < -0.4 is 15.7 Å². The molecule has 0 unspecified atom stereocenters. The van der Waals surface area contributed by atoms with Gasteiger partial charge in [-0.15, -0.1) is 22.7 Å². The van der Waals surface area contributed by atoms with E-state index in [0.717, 1.165) is 0 Å². The molecule has 0 N–H and O–H groups in total. The molecule has 5 rings (SSSR count). The van der Waals surface area contributed by atoms with Crippen LogP contribution in [0.4, 0.5) is 0 Å². The summed E-state index contributed by atoms with van der Waals surface area (Å²) in [6, 6.07) is 25.1. The Morgan fingerprint density at radius 2 is 1.09 bits per heavy atom. The molecular formula is C30H29BS2. The molecule has 2 heterocycles. The van der Waals surface area contributed by atoms with Crippen LogP contribution in [0.3, 0.4) is 0 Å². The van der Waals surface area contributed by atoms with Gasteiger partial charge in [-0.3, -0.25) is 0 Å². The number of benzene rings is 3. The summed E-state index contributed by atoms with van der Waals surface area (Å²) in [6.07, 6.45) is 0. The maximum Gasteiger partial charge on any atom is 0.255 e. The van der Waals surface area contributed by atoms with E-state index in [4.69, 9.17) is 0 Å². The fraction of sp³-hybridized carbons (Fsp3) is 0.200. The van der Waals surface area contributed by atoms with E-state index >= 15 is 0 Å². The molecule has 0 aliphatic rings. The Hall–Kier alpha value is -2.62. The average molecular weight is 465 g/mol. The van der Waals surface area contributed by atoms with Crippen LogP contribution in [0.2, 0.25) is 0 Å². The third kappa shape index (κ3) is 4.09. The Kier molecular flexibility index (Phi) is 5.80. The summed E-state index contributed by atoms with van der Waals surface area (Å²) in [5, 5.41) is 1.33. The molecule has 5 aromatic rings. The van der Waals surface area contributed by atoms with Gasteiger partial charge in [0.2, 0.25) is 0 Å². The maximum atomic E-state index is 2.37. The highest BCUT2D eigenvalue weighted by Crippen LogP contribution is 2.35. The topological polar surface area (TPSA) is 0 Å². The molecular weight excluding hydrogens is 435 g/mol. The molecule has 0 saturated heterocycles. The number of hydrogen-bond donors (Lipinski definition) is 0. The summed E-state index contributed by atoms with van der Waals surface area (Å²) in [4.78, 5) is 2.72. The van der Waals surface area contributed by atoms with Crippen molar-refractivity contribution in [3.63, 3.8) is 0 Å². The molecule has 0 nitrogen and oxygen atoms in total. The minimum Gasteiger partial charge on any atom is -0.148 e. The predicted molar refractivity (Wildman–Crippen MR) is 151 cm³/mol. The summed E-state index contributed by atoms with van der Waals surface area (Å²) >= 11 is 3.85. The predicted octanol–water partition coefficient (Wildman–Crippen LogP) is 7.00. The van der Waals surface area contributed by atoms with E-state index in [9.17, 15) is 0 Å². The Balaban J connectivity index is 1.71. The van der Waals surface area contributed by atoms with Crippen LogP contribution >= 0.6 is 22.7 Å². The first-order valence-electron chi connectivity index (χ1n) is 11.6. The molecule has 0 bridgehead atoms. The quantitative estimate of drug-likeness (QED) is 0.251. The average Bonchev–Trinajstić information content (AvgIpc) is 3.38. The Bertz CT molecular complexity index is 1350. The van der Waals surface area contributed by atoms with Crippen molar-refractivity contribution in [3.05, 3.63) is 100 Å². The minimum atomic E-state index is 0.249. The number of aryl methyl sites for hydroxylation is 6. The number of thiophene rings is 2. The van der Waals surface area contributed by atoms with Crippen LogP contribution in [0.25, 0.3) is 19.8 Å². The summed E-state index contributed by atoms with van der Waals surface area (Å²) in [6.45, 7) is 13.8. The van der Waals surface area contributed by atoms with Crippen LogP contribution in [0.1, 0.15) is 33.4 Å². The SMILES string of the molecule is Cc1cc(C)c(B(c2ccc(-c3cc4ccccc4s3)s2)c2c(C)cc(C)cc2C)c(C)c1. The lowest BCUT2D eigenvalue weighted by molar-refractivity contribution is 1.34. The first kappa shape index (κ1) is 22.2. The number of hydrogen-bond acceptors (Lipinski definition) is 2. The van der Waals surface area contributed by atoms with Crippen LogP contribution in [0.5, 0.6) is 0 Å². The molecule has 3 heteroatoms. The molecule has 0 spiro atoms. The molecule has 0 saturated carbocycles. The van der Waals surface area contributed by atoms with Gasteiger partial charge in [-0.1, -0.05) is 92.8 Å². The van der Waals surface area contributed by atoms with Gasteiger partial charge in [0.25, 0.3) is 6.71 Å². The summed E-state index contributed by atoms with van der Waals surface area (Å²) in [5.41, 5.74) is 11.1. The van der Waals surface area contributed by atoms with E-state index in [1.54, 1.807) is 0 Å². The van der Waals surface area contributed by atoms with E-state index in [1.165, 1.54) is 68.9 Å². The third-order valence-electron chi connectivity index (χ3n) is 6.63. The molecule has 0 atom stereocenters. The smallest absolute Gasteiger partial charge is 0.148 e. The second-order valence-electron chi connectivity index (χ2n) is 9.41. The Morgan fingerprint density at radius 1 is 0.545 bits per heavy atom. The van der Waals surface area contributed by atoms with Crippen LogP contribution in [0, 0.1) is 41.5 Å². The van der Waals surface area contributed by atoms with Gasteiger partial charge in [-0.2, -0.15) is 0 Å². The van der Waals surface area contributed by atoms with E-state index < -0.39 is 0 Å². The fourth-order valence-corrected chi connectivity index (χ4v) is 7.74. The van der Waals surface area contributed by atoms with Crippen molar-refractivity contribution in [3.8, 4) is 9.75 Å².